The van der Waals surface area contributed by atoms with E-state index in [1.54, 1.807) is 12.3 Å². The molecule has 4 rings (SSSR count). The van der Waals surface area contributed by atoms with E-state index in [0.717, 1.165) is 0 Å². The third-order valence-electron chi connectivity index (χ3n) is 4.51. The van der Waals surface area contributed by atoms with E-state index in [1.165, 1.54) is 47.8 Å². The molecule has 3 heterocycles. The summed E-state index contributed by atoms with van der Waals surface area (Å²) in [5.41, 5.74) is 7.39. The predicted molar refractivity (Wildman–Crippen MR) is 122 cm³/mol. The van der Waals surface area contributed by atoms with Gasteiger partial charge in [-0.05, 0) is 38.1 Å². The molecule has 0 aliphatic carbocycles. The number of pyridine rings is 2. The molecule has 0 saturated carbocycles. The Morgan fingerprint density at radius 2 is 1.91 bits per heavy atom. The van der Waals surface area contributed by atoms with E-state index < -0.39 is 11.7 Å². The third kappa shape index (κ3) is 4.75. The van der Waals surface area contributed by atoms with Crippen LogP contribution in [0.4, 0.5) is 15.8 Å². The lowest BCUT2D eigenvalue weighted by molar-refractivity contribution is 0.102. The Bertz CT molecular complexity index is 1310. The number of rotatable bonds is 6. The zero-order valence-corrected chi connectivity index (χ0v) is 18.4. The number of hydrogen-bond acceptors (Lipinski definition) is 7. The van der Waals surface area contributed by atoms with E-state index in [2.05, 4.69) is 25.5 Å². The summed E-state index contributed by atoms with van der Waals surface area (Å²) in [6, 6.07) is 5.69. The topological polar surface area (TPSA) is 121 Å². The Kier molecular flexibility index (Phi) is 6.18. The van der Waals surface area contributed by atoms with Crippen molar-refractivity contribution in [3.05, 3.63) is 71.7 Å². The molecule has 33 heavy (non-hydrogen) atoms. The molecule has 0 aliphatic heterocycles. The molecule has 4 aromatic rings. The Labute approximate surface area is 193 Å². The van der Waals surface area contributed by atoms with Crippen molar-refractivity contribution in [2.45, 2.75) is 20.0 Å². The van der Waals surface area contributed by atoms with Crippen LogP contribution in [0.25, 0.3) is 16.9 Å². The molecular weight excluding hydrogens is 449 g/mol. The Morgan fingerprint density at radius 3 is 2.58 bits per heavy atom. The van der Waals surface area contributed by atoms with E-state index in [4.69, 9.17) is 22.1 Å². The summed E-state index contributed by atoms with van der Waals surface area (Å²) in [5.74, 6) is -0.840. The van der Waals surface area contributed by atoms with E-state index in [0.29, 0.717) is 22.6 Å². The van der Waals surface area contributed by atoms with Crippen molar-refractivity contribution in [3.63, 3.8) is 0 Å². The van der Waals surface area contributed by atoms with E-state index >= 15 is 4.39 Å². The number of nitrogens with two attached hydrogens (primary N) is 1. The van der Waals surface area contributed by atoms with Gasteiger partial charge in [-0.15, -0.1) is 4.80 Å². The van der Waals surface area contributed by atoms with Crippen molar-refractivity contribution in [1.29, 1.82) is 0 Å². The van der Waals surface area contributed by atoms with Crippen LogP contribution in [0, 0.1) is 5.82 Å². The Hall–Kier alpha value is -4.05. The SMILES string of the molecule is CC(C)Oc1cc(C(=O)Nc2cnc(-n3nccn3)c(Cl)c2)c(F)cc1-c1ccncc1N. The number of hydrogen-bond donors (Lipinski definition) is 2. The van der Waals surface area contributed by atoms with Crippen LogP contribution in [-0.4, -0.2) is 37.0 Å². The first-order valence-corrected chi connectivity index (χ1v) is 10.2. The van der Waals surface area contributed by atoms with Gasteiger partial charge >= 0.3 is 0 Å². The highest BCUT2D eigenvalue weighted by Crippen LogP contribution is 2.36. The van der Waals surface area contributed by atoms with Gasteiger partial charge in [0.2, 0.25) is 0 Å². The van der Waals surface area contributed by atoms with Crippen LogP contribution in [-0.2, 0) is 0 Å². The maximum atomic E-state index is 15.0. The lowest BCUT2D eigenvalue weighted by Crippen LogP contribution is -2.16. The van der Waals surface area contributed by atoms with Crippen LogP contribution in [0.2, 0.25) is 5.02 Å². The molecule has 0 aliphatic rings. The average Bonchev–Trinajstić information content (AvgIpc) is 3.29. The van der Waals surface area contributed by atoms with Crippen molar-refractivity contribution in [2.75, 3.05) is 11.1 Å². The molecular formula is C22H19ClFN7O2. The van der Waals surface area contributed by atoms with Crippen molar-refractivity contribution < 1.29 is 13.9 Å². The molecule has 0 atom stereocenters. The predicted octanol–water partition coefficient (Wildman–Crippen LogP) is 4.14. The van der Waals surface area contributed by atoms with Gasteiger partial charge in [0.25, 0.3) is 5.91 Å². The molecule has 1 aromatic carbocycles. The molecule has 0 spiro atoms. The molecule has 0 radical (unpaired) electrons. The van der Waals surface area contributed by atoms with Crippen LogP contribution in [0.15, 0.2) is 55.2 Å². The fraction of sp³-hybridized carbons (Fsp3) is 0.136. The number of halogens is 2. The lowest BCUT2D eigenvalue weighted by atomic mass is 10.0. The largest absolute Gasteiger partial charge is 0.490 e. The minimum Gasteiger partial charge on any atom is -0.490 e. The number of ether oxygens (including phenoxy) is 1. The first kappa shape index (κ1) is 22.2. The number of benzene rings is 1. The van der Waals surface area contributed by atoms with Crippen molar-refractivity contribution in [1.82, 2.24) is 25.0 Å². The summed E-state index contributed by atoms with van der Waals surface area (Å²) < 4.78 is 20.9. The maximum Gasteiger partial charge on any atom is 0.258 e. The molecule has 0 saturated heterocycles. The summed E-state index contributed by atoms with van der Waals surface area (Å²) in [6.45, 7) is 3.65. The van der Waals surface area contributed by atoms with Crippen molar-refractivity contribution in [3.8, 4) is 22.7 Å². The van der Waals surface area contributed by atoms with Crippen LogP contribution >= 0.6 is 11.6 Å². The van der Waals surface area contributed by atoms with Crippen molar-refractivity contribution in [2.24, 2.45) is 0 Å². The summed E-state index contributed by atoms with van der Waals surface area (Å²) >= 11 is 6.24. The van der Waals surface area contributed by atoms with Crippen LogP contribution in [0.1, 0.15) is 24.2 Å². The first-order chi connectivity index (χ1) is 15.8. The van der Waals surface area contributed by atoms with E-state index in [-0.39, 0.29) is 28.2 Å². The van der Waals surface area contributed by atoms with Gasteiger partial charge in [0.15, 0.2) is 5.82 Å². The molecule has 3 N–H and O–H groups in total. The van der Waals surface area contributed by atoms with Gasteiger partial charge in [0.1, 0.15) is 11.6 Å². The second kappa shape index (κ2) is 9.21. The summed E-state index contributed by atoms with van der Waals surface area (Å²) in [6.07, 6.45) is 7.12. The number of nitrogens with zero attached hydrogens (tertiary/aromatic N) is 5. The summed E-state index contributed by atoms with van der Waals surface area (Å²) in [5, 5.41) is 10.7. The minimum absolute atomic E-state index is 0.205. The van der Waals surface area contributed by atoms with Crippen LogP contribution in [0.5, 0.6) is 5.75 Å². The van der Waals surface area contributed by atoms with Gasteiger partial charge in [-0.2, -0.15) is 10.2 Å². The smallest absolute Gasteiger partial charge is 0.258 e. The van der Waals surface area contributed by atoms with Gasteiger partial charge in [0.05, 0.1) is 52.9 Å². The molecule has 0 fully saturated rings. The van der Waals surface area contributed by atoms with E-state index in [9.17, 15) is 4.79 Å². The standard InChI is InChI=1S/C22H19ClFN7O2/c1-12(2)33-20-9-16(18(24)8-15(20)14-3-4-26-11-19(14)25)22(32)30-13-7-17(23)21(27-10-13)31-28-5-6-29-31/h3-12H,25H2,1-2H3,(H,30,32). The third-order valence-corrected chi connectivity index (χ3v) is 4.78. The fourth-order valence-electron chi connectivity index (χ4n) is 3.11. The van der Waals surface area contributed by atoms with Crippen molar-refractivity contribution >= 4 is 28.9 Å². The second-order valence-corrected chi connectivity index (χ2v) is 7.67. The molecule has 3 aromatic heterocycles. The molecule has 9 nitrogen and oxygen atoms in total. The molecule has 0 bridgehead atoms. The minimum atomic E-state index is -0.744. The number of aromatic nitrogens is 5. The van der Waals surface area contributed by atoms with Crippen LogP contribution < -0.4 is 15.8 Å². The van der Waals surface area contributed by atoms with Gasteiger partial charge < -0.3 is 15.8 Å². The van der Waals surface area contributed by atoms with Gasteiger partial charge in [-0.25, -0.2) is 9.37 Å². The summed E-state index contributed by atoms with van der Waals surface area (Å²) in [4.78, 5) is 22.2. The quantitative estimate of drug-likeness (QED) is 0.437. The number of amides is 1. The monoisotopic (exact) mass is 467 g/mol. The Balaban J connectivity index is 1.66. The zero-order valence-electron chi connectivity index (χ0n) is 17.7. The number of carbonyl (C=O) groups is 1. The second-order valence-electron chi connectivity index (χ2n) is 7.26. The lowest BCUT2D eigenvalue weighted by Gasteiger charge is -2.17. The summed E-state index contributed by atoms with van der Waals surface area (Å²) in [7, 11) is 0. The average molecular weight is 468 g/mol. The van der Waals surface area contributed by atoms with Gasteiger partial charge in [0, 0.05) is 17.3 Å². The Morgan fingerprint density at radius 1 is 1.15 bits per heavy atom. The normalized spacial score (nSPS) is 10.9. The highest BCUT2D eigenvalue weighted by molar-refractivity contribution is 6.32. The molecule has 11 heteroatoms. The molecule has 168 valence electrons. The molecule has 1 amide bonds. The first-order valence-electron chi connectivity index (χ1n) is 9.87. The highest BCUT2D eigenvalue weighted by Gasteiger charge is 2.20. The van der Waals surface area contributed by atoms with Gasteiger partial charge in [-0.1, -0.05) is 11.6 Å². The van der Waals surface area contributed by atoms with E-state index in [1.807, 2.05) is 13.8 Å². The fourth-order valence-corrected chi connectivity index (χ4v) is 3.35. The highest BCUT2D eigenvalue weighted by atomic mass is 35.5. The number of anilines is 2. The number of carbonyl (C=O) groups excluding carboxylic acids is 1. The maximum absolute atomic E-state index is 15.0. The van der Waals surface area contributed by atoms with Crippen LogP contribution in [0.3, 0.4) is 0 Å². The molecule has 0 unspecified atom stereocenters. The number of nitrogen functional groups attached to an aromatic ring is 1. The van der Waals surface area contributed by atoms with Gasteiger partial charge in [-0.3, -0.25) is 9.78 Å². The zero-order chi connectivity index (χ0) is 23.5. The number of nitrogens with one attached hydrogen (secondary N) is 1.